The molecule has 1 fully saturated rings. The van der Waals surface area contributed by atoms with Crippen LogP contribution in [-0.4, -0.2) is 35.2 Å². The molecule has 0 aromatic rings. The molecule has 1 atom stereocenters. The molecule has 0 spiro atoms. The summed E-state index contributed by atoms with van der Waals surface area (Å²) in [5.41, 5.74) is 0. The molecule has 0 aromatic carbocycles. The van der Waals surface area contributed by atoms with Gasteiger partial charge < -0.3 is 10.4 Å². The Kier molecular flexibility index (Phi) is 5.23. The minimum atomic E-state index is -0.678. The van der Waals surface area contributed by atoms with Crippen molar-refractivity contribution >= 4 is 17.7 Å². The standard InChI is InChI=1S/C9H17NO2S/c11-9(12)4-2-6-13-8-3-1-5-10-7-8/h8,10H,1-7H2,(H,11,12). The van der Waals surface area contributed by atoms with E-state index in [1.807, 2.05) is 11.8 Å². The van der Waals surface area contributed by atoms with Gasteiger partial charge in [0.05, 0.1) is 0 Å². The third kappa shape index (κ3) is 5.16. The van der Waals surface area contributed by atoms with Crippen LogP contribution < -0.4 is 5.32 Å². The highest BCUT2D eigenvalue weighted by molar-refractivity contribution is 7.99. The minimum Gasteiger partial charge on any atom is -0.481 e. The minimum absolute atomic E-state index is 0.313. The van der Waals surface area contributed by atoms with Gasteiger partial charge in [-0.1, -0.05) is 0 Å². The Morgan fingerprint density at radius 1 is 1.62 bits per heavy atom. The third-order valence-corrected chi connectivity index (χ3v) is 3.54. The van der Waals surface area contributed by atoms with Gasteiger partial charge in [-0.05, 0) is 31.6 Å². The maximum atomic E-state index is 10.2. The highest BCUT2D eigenvalue weighted by Gasteiger charge is 2.12. The smallest absolute Gasteiger partial charge is 0.303 e. The van der Waals surface area contributed by atoms with Crippen molar-refractivity contribution in [2.24, 2.45) is 0 Å². The summed E-state index contributed by atoms with van der Waals surface area (Å²) >= 11 is 1.91. The summed E-state index contributed by atoms with van der Waals surface area (Å²) in [5.74, 6) is 0.306. The Balaban J connectivity index is 1.95. The van der Waals surface area contributed by atoms with Crippen LogP contribution in [0.3, 0.4) is 0 Å². The molecule has 13 heavy (non-hydrogen) atoms. The Hall–Kier alpha value is -0.220. The van der Waals surface area contributed by atoms with Crippen molar-refractivity contribution < 1.29 is 9.90 Å². The normalized spacial score (nSPS) is 22.9. The first-order chi connectivity index (χ1) is 6.29. The first kappa shape index (κ1) is 10.9. The molecular formula is C9H17NO2S. The van der Waals surface area contributed by atoms with Crippen molar-refractivity contribution in [2.45, 2.75) is 30.9 Å². The number of carboxylic acid groups (broad SMARTS) is 1. The number of aliphatic carboxylic acids is 1. The van der Waals surface area contributed by atoms with Crippen molar-refractivity contribution in [1.82, 2.24) is 5.32 Å². The van der Waals surface area contributed by atoms with Gasteiger partial charge >= 0.3 is 5.97 Å². The van der Waals surface area contributed by atoms with Gasteiger partial charge in [-0.2, -0.15) is 11.8 Å². The molecule has 76 valence electrons. The zero-order valence-electron chi connectivity index (χ0n) is 7.79. The van der Waals surface area contributed by atoms with Gasteiger partial charge in [0.2, 0.25) is 0 Å². The number of piperidine rings is 1. The van der Waals surface area contributed by atoms with Gasteiger partial charge in [0.15, 0.2) is 0 Å². The van der Waals surface area contributed by atoms with E-state index in [0.29, 0.717) is 11.7 Å². The third-order valence-electron chi connectivity index (χ3n) is 2.14. The largest absolute Gasteiger partial charge is 0.481 e. The Bertz CT molecular complexity index is 158. The zero-order valence-corrected chi connectivity index (χ0v) is 8.61. The summed E-state index contributed by atoms with van der Waals surface area (Å²) in [6.07, 6.45) is 3.66. The van der Waals surface area contributed by atoms with Gasteiger partial charge in [-0.15, -0.1) is 0 Å². The molecule has 0 saturated carbocycles. The second kappa shape index (κ2) is 6.27. The van der Waals surface area contributed by atoms with E-state index < -0.39 is 5.97 Å². The van der Waals surface area contributed by atoms with Crippen LogP contribution in [0.25, 0.3) is 0 Å². The Labute approximate surface area is 83.3 Å². The topological polar surface area (TPSA) is 49.3 Å². The number of hydrogen-bond acceptors (Lipinski definition) is 3. The molecule has 3 nitrogen and oxygen atoms in total. The summed E-state index contributed by atoms with van der Waals surface area (Å²) in [6.45, 7) is 2.24. The first-order valence-corrected chi connectivity index (χ1v) is 5.88. The highest BCUT2D eigenvalue weighted by Crippen LogP contribution is 2.19. The fourth-order valence-corrected chi connectivity index (χ4v) is 2.65. The molecule has 0 aliphatic carbocycles. The number of carbonyl (C=O) groups is 1. The number of carboxylic acids is 1. The molecule has 0 aromatic heterocycles. The van der Waals surface area contributed by atoms with Gasteiger partial charge in [0.25, 0.3) is 0 Å². The van der Waals surface area contributed by atoms with E-state index in [2.05, 4.69) is 5.32 Å². The van der Waals surface area contributed by atoms with Gasteiger partial charge in [-0.3, -0.25) is 4.79 Å². The molecular weight excluding hydrogens is 186 g/mol. The SMILES string of the molecule is O=C(O)CCCSC1CCCNC1. The Morgan fingerprint density at radius 2 is 2.46 bits per heavy atom. The van der Waals surface area contributed by atoms with Gasteiger partial charge in [0.1, 0.15) is 0 Å². The summed E-state index contributed by atoms with van der Waals surface area (Å²) in [7, 11) is 0. The van der Waals surface area contributed by atoms with Crippen LogP contribution in [0.1, 0.15) is 25.7 Å². The van der Waals surface area contributed by atoms with Crippen molar-refractivity contribution in [3.63, 3.8) is 0 Å². The molecule has 0 amide bonds. The zero-order chi connectivity index (χ0) is 9.52. The van der Waals surface area contributed by atoms with E-state index in [9.17, 15) is 4.79 Å². The monoisotopic (exact) mass is 203 g/mol. The molecule has 1 unspecified atom stereocenters. The summed E-state index contributed by atoms with van der Waals surface area (Å²) in [5, 5.41) is 12.5. The second-order valence-corrected chi connectivity index (χ2v) is 4.74. The first-order valence-electron chi connectivity index (χ1n) is 4.83. The van der Waals surface area contributed by atoms with Gasteiger partial charge in [0, 0.05) is 18.2 Å². The number of hydrogen-bond donors (Lipinski definition) is 2. The molecule has 0 radical (unpaired) electrons. The fraction of sp³-hybridized carbons (Fsp3) is 0.889. The highest BCUT2D eigenvalue weighted by atomic mass is 32.2. The van der Waals surface area contributed by atoms with Crippen molar-refractivity contribution in [3.8, 4) is 0 Å². The van der Waals surface area contributed by atoms with E-state index in [-0.39, 0.29) is 0 Å². The van der Waals surface area contributed by atoms with Crippen LogP contribution in [-0.2, 0) is 4.79 Å². The average molecular weight is 203 g/mol. The quantitative estimate of drug-likeness (QED) is 0.662. The molecule has 4 heteroatoms. The molecule has 1 heterocycles. The molecule has 2 N–H and O–H groups in total. The van der Waals surface area contributed by atoms with Crippen molar-refractivity contribution in [1.29, 1.82) is 0 Å². The van der Waals surface area contributed by atoms with E-state index in [1.54, 1.807) is 0 Å². The maximum Gasteiger partial charge on any atom is 0.303 e. The number of rotatable bonds is 5. The van der Waals surface area contributed by atoms with Gasteiger partial charge in [-0.25, -0.2) is 0 Å². The molecule has 1 saturated heterocycles. The number of thioether (sulfide) groups is 1. The lowest BCUT2D eigenvalue weighted by molar-refractivity contribution is -0.137. The summed E-state index contributed by atoms with van der Waals surface area (Å²) in [6, 6.07) is 0. The fourth-order valence-electron chi connectivity index (χ4n) is 1.44. The van der Waals surface area contributed by atoms with Crippen LogP contribution in [0.5, 0.6) is 0 Å². The predicted molar refractivity (Wildman–Crippen MR) is 55.2 cm³/mol. The lowest BCUT2D eigenvalue weighted by atomic mass is 10.2. The van der Waals surface area contributed by atoms with E-state index in [1.165, 1.54) is 12.8 Å². The molecule has 0 bridgehead atoms. The lowest BCUT2D eigenvalue weighted by Gasteiger charge is -2.21. The lowest BCUT2D eigenvalue weighted by Crippen LogP contribution is -2.31. The predicted octanol–water partition coefficient (Wildman–Crippen LogP) is 1.34. The second-order valence-electron chi connectivity index (χ2n) is 3.34. The summed E-state index contributed by atoms with van der Waals surface area (Å²) < 4.78 is 0. The maximum absolute atomic E-state index is 10.2. The molecule has 1 rings (SSSR count). The molecule has 1 aliphatic rings. The van der Waals surface area contributed by atoms with E-state index in [0.717, 1.165) is 25.3 Å². The van der Waals surface area contributed by atoms with E-state index >= 15 is 0 Å². The van der Waals surface area contributed by atoms with Crippen LogP contribution in [0.4, 0.5) is 0 Å². The summed E-state index contributed by atoms with van der Waals surface area (Å²) in [4.78, 5) is 10.2. The van der Waals surface area contributed by atoms with Crippen molar-refractivity contribution in [2.75, 3.05) is 18.8 Å². The Morgan fingerprint density at radius 3 is 3.08 bits per heavy atom. The van der Waals surface area contributed by atoms with Crippen molar-refractivity contribution in [3.05, 3.63) is 0 Å². The van der Waals surface area contributed by atoms with Crippen LogP contribution >= 0.6 is 11.8 Å². The average Bonchev–Trinajstić information content (AvgIpc) is 2.14. The molecule has 1 aliphatic heterocycles. The van der Waals surface area contributed by atoms with Crippen LogP contribution in [0.15, 0.2) is 0 Å². The number of nitrogens with one attached hydrogen (secondary N) is 1. The van der Waals surface area contributed by atoms with Crippen LogP contribution in [0, 0.1) is 0 Å². The van der Waals surface area contributed by atoms with Crippen LogP contribution in [0.2, 0.25) is 0 Å². The van der Waals surface area contributed by atoms with E-state index in [4.69, 9.17) is 5.11 Å².